The van der Waals surface area contributed by atoms with Crippen LogP contribution in [0.3, 0.4) is 0 Å². The topological polar surface area (TPSA) is 64.1 Å². The Kier molecular flexibility index (Phi) is 4.22. The second-order valence-electron chi connectivity index (χ2n) is 5.83. The number of rotatable bonds is 6. The SMILES string of the molecule is Cc1nc2cc(CCNCC(C)(C)CN)ccc2o1. The van der Waals surface area contributed by atoms with Gasteiger partial charge in [-0.3, -0.25) is 0 Å². The zero-order valence-corrected chi connectivity index (χ0v) is 12.0. The van der Waals surface area contributed by atoms with Crippen LogP contribution in [-0.4, -0.2) is 24.6 Å². The van der Waals surface area contributed by atoms with E-state index in [0.29, 0.717) is 6.54 Å². The molecule has 1 aromatic carbocycles. The van der Waals surface area contributed by atoms with Crippen molar-refractivity contribution in [2.45, 2.75) is 27.2 Å². The van der Waals surface area contributed by atoms with Crippen molar-refractivity contribution in [2.75, 3.05) is 19.6 Å². The molecule has 3 N–H and O–H groups in total. The number of hydrogen-bond donors (Lipinski definition) is 2. The van der Waals surface area contributed by atoms with Gasteiger partial charge in [0.15, 0.2) is 11.5 Å². The Bertz CT molecular complexity index is 545. The zero-order valence-electron chi connectivity index (χ0n) is 12.0. The molecule has 1 aromatic heterocycles. The molecular formula is C15H23N3O. The smallest absolute Gasteiger partial charge is 0.192 e. The highest BCUT2D eigenvalue weighted by atomic mass is 16.3. The summed E-state index contributed by atoms with van der Waals surface area (Å²) in [6.45, 7) is 8.80. The maximum Gasteiger partial charge on any atom is 0.192 e. The first-order valence-electron chi connectivity index (χ1n) is 6.77. The Morgan fingerprint density at radius 2 is 2.16 bits per heavy atom. The number of nitrogens with two attached hydrogens (primary N) is 1. The summed E-state index contributed by atoms with van der Waals surface area (Å²) in [5.41, 5.74) is 8.94. The number of nitrogens with zero attached hydrogens (tertiary/aromatic N) is 1. The lowest BCUT2D eigenvalue weighted by Gasteiger charge is -2.22. The Labute approximate surface area is 114 Å². The molecule has 2 aromatic rings. The summed E-state index contributed by atoms with van der Waals surface area (Å²) >= 11 is 0. The van der Waals surface area contributed by atoms with Crippen molar-refractivity contribution in [3.8, 4) is 0 Å². The minimum atomic E-state index is 0.160. The molecule has 2 rings (SSSR count). The molecule has 0 saturated heterocycles. The summed E-state index contributed by atoms with van der Waals surface area (Å²) < 4.78 is 5.47. The summed E-state index contributed by atoms with van der Waals surface area (Å²) in [5.74, 6) is 0.718. The van der Waals surface area contributed by atoms with Gasteiger partial charge in [0.25, 0.3) is 0 Å². The monoisotopic (exact) mass is 261 g/mol. The number of fused-ring (bicyclic) bond motifs is 1. The summed E-state index contributed by atoms with van der Waals surface area (Å²) in [4.78, 5) is 4.35. The van der Waals surface area contributed by atoms with Crippen LogP contribution in [0.15, 0.2) is 22.6 Å². The summed E-state index contributed by atoms with van der Waals surface area (Å²) in [5, 5.41) is 3.45. The fourth-order valence-electron chi connectivity index (χ4n) is 1.98. The van der Waals surface area contributed by atoms with Gasteiger partial charge in [-0.1, -0.05) is 19.9 Å². The van der Waals surface area contributed by atoms with Gasteiger partial charge in [0.2, 0.25) is 0 Å². The molecule has 0 radical (unpaired) electrons. The van der Waals surface area contributed by atoms with Gasteiger partial charge >= 0.3 is 0 Å². The van der Waals surface area contributed by atoms with E-state index in [4.69, 9.17) is 10.2 Å². The largest absolute Gasteiger partial charge is 0.441 e. The van der Waals surface area contributed by atoms with Gasteiger partial charge in [-0.2, -0.15) is 0 Å². The van der Waals surface area contributed by atoms with E-state index in [2.05, 4.69) is 36.3 Å². The number of benzene rings is 1. The molecule has 0 amide bonds. The van der Waals surface area contributed by atoms with E-state index >= 15 is 0 Å². The first-order chi connectivity index (χ1) is 9.00. The summed E-state index contributed by atoms with van der Waals surface area (Å²) in [6.07, 6.45) is 0.989. The van der Waals surface area contributed by atoms with Crippen molar-refractivity contribution in [1.82, 2.24) is 10.3 Å². The minimum Gasteiger partial charge on any atom is -0.441 e. The summed E-state index contributed by atoms with van der Waals surface area (Å²) in [7, 11) is 0. The van der Waals surface area contributed by atoms with Gasteiger partial charge in [0.05, 0.1) is 0 Å². The molecule has 19 heavy (non-hydrogen) atoms. The molecule has 4 heteroatoms. The lowest BCUT2D eigenvalue weighted by atomic mass is 9.94. The molecule has 0 fully saturated rings. The van der Waals surface area contributed by atoms with Crippen LogP contribution in [0.2, 0.25) is 0 Å². The first kappa shape index (κ1) is 14.0. The lowest BCUT2D eigenvalue weighted by Crippen LogP contribution is -2.36. The highest BCUT2D eigenvalue weighted by Crippen LogP contribution is 2.17. The lowest BCUT2D eigenvalue weighted by molar-refractivity contribution is 0.353. The van der Waals surface area contributed by atoms with Crippen LogP contribution in [-0.2, 0) is 6.42 Å². The van der Waals surface area contributed by atoms with Crippen LogP contribution in [0.4, 0.5) is 0 Å². The second-order valence-corrected chi connectivity index (χ2v) is 5.83. The van der Waals surface area contributed by atoms with Crippen LogP contribution in [0.5, 0.6) is 0 Å². The van der Waals surface area contributed by atoms with Gasteiger partial charge in [0.1, 0.15) is 5.52 Å². The molecule has 0 unspecified atom stereocenters. The molecule has 1 heterocycles. The van der Waals surface area contributed by atoms with E-state index in [1.165, 1.54) is 5.56 Å². The number of aryl methyl sites for hydroxylation is 1. The highest BCUT2D eigenvalue weighted by Gasteiger charge is 2.14. The predicted octanol–water partition coefficient (Wildman–Crippen LogP) is 2.25. The number of nitrogens with one attached hydrogen (secondary N) is 1. The fraction of sp³-hybridized carbons (Fsp3) is 0.533. The second kappa shape index (κ2) is 5.72. The van der Waals surface area contributed by atoms with E-state index < -0.39 is 0 Å². The molecule has 0 aliphatic heterocycles. The molecule has 0 atom stereocenters. The molecule has 0 aliphatic rings. The fourth-order valence-corrected chi connectivity index (χ4v) is 1.98. The van der Waals surface area contributed by atoms with Crippen LogP contribution in [0.25, 0.3) is 11.1 Å². The zero-order chi connectivity index (χ0) is 13.9. The Morgan fingerprint density at radius 3 is 2.89 bits per heavy atom. The van der Waals surface area contributed by atoms with Gasteiger partial charge in [-0.15, -0.1) is 0 Å². The average Bonchev–Trinajstić information content (AvgIpc) is 2.74. The molecule has 0 saturated carbocycles. The molecule has 0 spiro atoms. The van der Waals surface area contributed by atoms with E-state index in [-0.39, 0.29) is 5.41 Å². The summed E-state index contributed by atoms with van der Waals surface area (Å²) in [6, 6.07) is 6.19. The minimum absolute atomic E-state index is 0.160. The van der Waals surface area contributed by atoms with Gasteiger partial charge in [-0.25, -0.2) is 4.98 Å². The molecule has 0 aliphatic carbocycles. The molecule has 104 valence electrons. The van der Waals surface area contributed by atoms with Crippen molar-refractivity contribution in [3.05, 3.63) is 29.7 Å². The maximum absolute atomic E-state index is 5.71. The van der Waals surface area contributed by atoms with Crippen molar-refractivity contribution in [3.63, 3.8) is 0 Å². The van der Waals surface area contributed by atoms with Crippen LogP contribution in [0, 0.1) is 12.3 Å². The maximum atomic E-state index is 5.71. The quantitative estimate of drug-likeness (QED) is 0.783. The van der Waals surface area contributed by atoms with Gasteiger partial charge in [0, 0.05) is 13.5 Å². The van der Waals surface area contributed by atoms with Crippen molar-refractivity contribution in [1.29, 1.82) is 0 Å². The number of aromatic nitrogens is 1. The van der Waals surface area contributed by atoms with Crippen LogP contribution < -0.4 is 11.1 Å². The average molecular weight is 261 g/mol. The van der Waals surface area contributed by atoms with Crippen molar-refractivity contribution >= 4 is 11.1 Å². The van der Waals surface area contributed by atoms with E-state index in [9.17, 15) is 0 Å². The molecular weight excluding hydrogens is 238 g/mol. The predicted molar refractivity (Wildman–Crippen MR) is 78.2 cm³/mol. The van der Waals surface area contributed by atoms with Crippen LogP contribution in [0.1, 0.15) is 25.3 Å². The van der Waals surface area contributed by atoms with Crippen LogP contribution >= 0.6 is 0 Å². The Balaban J connectivity index is 1.88. The van der Waals surface area contributed by atoms with Gasteiger partial charge in [-0.05, 0) is 42.6 Å². The molecule has 0 bridgehead atoms. The third kappa shape index (κ3) is 3.78. The Hall–Kier alpha value is -1.39. The van der Waals surface area contributed by atoms with Gasteiger partial charge < -0.3 is 15.5 Å². The molecule has 4 nitrogen and oxygen atoms in total. The third-order valence-electron chi connectivity index (χ3n) is 3.31. The number of hydrogen-bond acceptors (Lipinski definition) is 4. The van der Waals surface area contributed by atoms with Crippen molar-refractivity contribution < 1.29 is 4.42 Å². The third-order valence-corrected chi connectivity index (χ3v) is 3.31. The first-order valence-corrected chi connectivity index (χ1v) is 6.77. The Morgan fingerprint density at radius 1 is 1.37 bits per heavy atom. The highest BCUT2D eigenvalue weighted by molar-refractivity contribution is 5.73. The van der Waals surface area contributed by atoms with E-state index in [1.54, 1.807) is 0 Å². The number of oxazole rings is 1. The normalized spacial score (nSPS) is 12.2. The van der Waals surface area contributed by atoms with E-state index in [0.717, 1.165) is 36.5 Å². The standard InChI is InChI=1S/C15H23N3O/c1-11-18-13-8-12(4-5-14(13)19-11)6-7-17-10-15(2,3)9-16/h4-5,8,17H,6-7,9-10,16H2,1-3H3. The van der Waals surface area contributed by atoms with E-state index in [1.807, 2.05) is 13.0 Å². The van der Waals surface area contributed by atoms with Crippen molar-refractivity contribution in [2.24, 2.45) is 11.1 Å².